The molecule has 0 saturated heterocycles. The molecule has 1 unspecified atom stereocenters. The summed E-state index contributed by atoms with van der Waals surface area (Å²) in [6.45, 7) is 0.824. The number of amides is 2. The van der Waals surface area contributed by atoms with Crippen LogP contribution in [0.25, 0.3) is 0 Å². The molecule has 2 aromatic carbocycles. The van der Waals surface area contributed by atoms with E-state index in [1.807, 2.05) is 23.1 Å². The van der Waals surface area contributed by atoms with E-state index in [1.54, 1.807) is 31.4 Å². The van der Waals surface area contributed by atoms with Gasteiger partial charge in [0, 0.05) is 19.2 Å². The molecular formula is C23H25FN2O3. The Kier molecular flexibility index (Phi) is 5.37. The number of nitrogens with one attached hydrogen (secondary N) is 1. The summed E-state index contributed by atoms with van der Waals surface area (Å²) in [5.74, 6) is -1.37. The van der Waals surface area contributed by atoms with Crippen molar-refractivity contribution in [2.24, 2.45) is 0 Å². The van der Waals surface area contributed by atoms with Gasteiger partial charge in [-0.2, -0.15) is 0 Å². The molecule has 2 amide bonds. The first-order chi connectivity index (χ1) is 14.1. The lowest BCUT2D eigenvalue weighted by Crippen LogP contribution is -2.60. The molecule has 0 radical (unpaired) electrons. The van der Waals surface area contributed by atoms with E-state index in [0.717, 1.165) is 31.2 Å². The van der Waals surface area contributed by atoms with Gasteiger partial charge in [0.05, 0.1) is 23.8 Å². The number of halogens is 1. The molecule has 2 aromatic rings. The van der Waals surface area contributed by atoms with E-state index >= 15 is 0 Å². The molecular weight excluding hydrogens is 371 g/mol. The number of benzene rings is 2. The van der Waals surface area contributed by atoms with Crippen molar-refractivity contribution in [3.05, 3.63) is 65.5 Å². The van der Waals surface area contributed by atoms with Gasteiger partial charge in [0.15, 0.2) is 0 Å². The highest BCUT2D eigenvalue weighted by molar-refractivity contribution is 6.05. The van der Waals surface area contributed by atoms with Crippen molar-refractivity contribution in [1.29, 1.82) is 0 Å². The molecule has 1 N–H and O–H groups in total. The standard InChI is InChI=1S/C23H25FN2O3/c1-29-15-14-26-22(28)17-9-3-2-8-16(17)20(23(26)12-6-7-13-23)21(27)25-19-11-5-4-10-18(19)24/h2-5,8-11,20H,6-7,12-15H2,1H3,(H,25,27). The molecule has 0 aromatic heterocycles. The molecule has 1 fully saturated rings. The van der Waals surface area contributed by atoms with Crippen LogP contribution in [0.15, 0.2) is 48.5 Å². The molecule has 1 aliphatic heterocycles. The number of carbonyl (C=O) groups is 2. The van der Waals surface area contributed by atoms with Gasteiger partial charge in [0.1, 0.15) is 5.82 Å². The first-order valence-electron chi connectivity index (χ1n) is 10.0. The highest BCUT2D eigenvalue weighted by Crippen LogP contribution is 2.50. The van der Waals surface area contributed by atoms with Crippen LogP contribution in [-0.2, 0) is 9.53 Å². The van der Waals surface area contributed by atoms with Gasteiger partial charge in [-0.15, -0.1) is 0 Å². The Balaban J connectivity index is 1.80. The Morgan fingerprint density at radius 3 is 2.59 bits per heavy atom. The lowest BCUT2D eigenvalue weighted by Gasteiger charge is -2.50. The number of fused-ring (bicyclic) bond motifs is 1. The maximum absolute atomic E-state index is 14.2. The van der Waals surface area contributed by atoms with Crippen LogP contribution in [0, 0.1) is 5.82 Å². The Hall–Kier alpha value is -2.73. The third kappa shape index (κ3) is 3.31. The van der Waals surface area contributed by atoms with E-state index in [-0.39, 0.29) is 17.5 Å². The number of carbonyl (C=O) groups excluding carboxylic acids is 2. The topological polar surface area (TPSA) is 58.6 Å². The fourth-order valence-electron chi connectivity index (χ4n) is 4.94. The van der Waals surface area contributed by atoms with Gasteiger partial charge in [-0.3, -0.25) is 9.59 Å². The van der Waals surface area contributed by atoms with E-state index in [9.17, 15) is 14.0 Å². The number of methoxy groups -OCH3 is 1. The molecule has 1 atom stereocenters. The second kappa shape index (κ2) is 7.95. The van der Waals surface area contributed by atoms with Crippen molar-refractivity contribution >= 4 is 17.5 Å². The van der Waals surface area contributed by atoms with Gasteiger partial charge in [-0.1, -0.05) is 43.2 Å². The molecule has 0 bridgehead atoms. The van der Waals surface area contributed by atoms with Gasteiger partial charge in [-0.05, 0) is 36.6 Å². The van der Waals surface area contributed by atoms with Crippen molar-refractivity contribution < 1.29 is 18.7 Å². The number of para-hydroxylation sites is 1. The molecule has 1 saturated carbocycles. The van der Waals surface area contributed by atoms with Gasteiger partial charge in [-0.25, -0.2) is 4.39 Å². The van der Waals surface area contributed by atoms with Crippen molar-refractivity contribution in [2.75, 3.05) is 25.6 Å². The van der Waals surface area contributed by atoms with Gasteiger partial charge in [0.2, 0.25) is 5.91 Å². The van der Waals surface area contributed by atoms with E-state index in [0.29, 0.717) is 18.7 Å². The van der Waals surface area contributed by atoms with Crippen LogP contribution >= 0.6 is 0 Å². The van der Waals surface area contributed by atoms with Gasteiger partial charge < -0.3 is 15.0 Å². The third-order valence-corrected chi connectivity index (χ3v) is 6.20. The SMILES string of the molecule is COCCN1C(=O)c2ccccc2C(C(=O)Nc2ccccc2F)C12CCCC2. The van der Waals surface area contributed by atoms with Crippen LogP contribution in [0.3, 0.4) is 0 Å². The molecule has 1 heterocycles. The van der Waals surface area contributed by atoms with Crippen LogP contribution in [0.2, 0.25) is 0 Å². The van der Waals surface area contributed by atoms with E-state index in [4.69, 9.17) is 4.74 Å². The Morgan fingerprint density at radius 2 is 1.86 bits per heavy atom. The minimum Gasteiger partial charge on any atom is -0.383 e. The number of nitrogens with zero attached hydrogens (tertiary/aromatic N) is 1. The maximum atomic E-state index is 14.2. The second-order valence-corrected chi connectivity index (χ2v) is 7.75. The Bertz CT molecular complexity index is 924. The fraction of sp³-hybridized carbons (Fsp3) is 0.391. The molecule has 2 aliphatic rings. The van der Waals surface area contributed by atoms with E-state index in [1.165, 1.54) is 6.07 Å². The summed E-state index contributed by atoms with van der Waals surface area (Å²) >= 11 is 0. The summed E-state index contributed by atoms with van der Waals surface area (Å²) in [6.07, 6.45) is 3.38. The van der Waals surface area contributed by atoms with Crippen LogP contribution in [0.5, 0.6) is 0 Å². The monoisotopic (exact) mass is 396 g/mol. The summed E-state index contributed by atoms with van der Waals surface area (Å²) in [7, 11) is 1.60. The minimum atomic E-state index is -0.612. The average Bonchev–Trinajstić information content (AvgIpc) is 3.19. The number of hydrogen-bond donors (Lipinski definition) is 1. The first kappa shape index (κ1) is 19.6. The lowest BCUT2D eigenvalue weighted by molar-refractivity contribution is -0.121. The second-order valence-electron chi connectivity index (χ2n) is 7.75. The molecule has 29 heavy (non-hydrogen) atoms. The summed E-state index contributed by atoms with van der Waals surface area (Å²) in [6, 6.07) is 13.4. The van der Waals surface area contributed by atoms with Crippen LogP contribution in [0.1, 0.15) is 47.5 Å². The first-order valence-corrected chi connectivity index (χ1v) is 10.0. The highest BCUT2D eigenvalue weighted by atomic mass is 19.1. The Labute approximate surface area is 169 Å². The predicted octanol–water partition coefficient (Wildman–Crippen LogP) is 3.96. The van der Waals surface area contributed by atoms with Crippen molar-refractivity contribution in [2.45, 2.75) is 37.1 Å². The molecule has 1 spiro atoms. The molecule has 1 aliphatic carbocycles. The summed E-state index contributed by atoms with van der Waals surface area (Å²) in [5, 5.41) is 2.78. The smallest absolute Gasteiger partial charge is 0.254 e. The molecule has 4 rings (SSSR count). The summed E-state index contributed by atoms with van der Waals surface area (Å²) < 4.78 is 19.4. The lowest BCUT2D eigenvalue weighted by atomic mass is 9.71. The van der Waals surface area contributed by atoms with Gasteiger partial charge >= 0.3 is 0 Å². The predicted molar refractivity (Wildman–Crippen MR) is 108 cm³/mol. The van der Waals surface area contributed by atoms with E-state index < -0.39 is 17.3 Å². The summed E-state index contributed by atoms with van der Waals surface area (Å²) in [4.78, 5) is 28.7. The average molecular weight is 396 g/mol. The minimum absolute atomic E-state index is 0.0607. The Morgan fingerprint density at radius 1 is 1.17 bits per heavy atom. The zero-order chi connectivity index (χ0) is 20.4. The largest absolute Gasteiger partial charge is 0.383 e. The van der Waals surface area contributed by atoms with Crippen molar-refractivity contribution in [1.82, 2.24) is 4.90 Å². The van der Waals surface area contributed by atoms with E-state index in [2.05, 4.69) is 5.32 Å². The molecule has 5 nitrogen and oxygen atoms in total. The number of ether oxygens (including phenoxy) is 1. The van der Waals surface area contributed by atoms with Crippen molar-refractivity contribution in [3.63, 3.8) is 0 Å². The summed E-state index contributed by atoms with van der Waals surface area (Å²) in [5.41, 5.74) is 0.805. The normalized spacial score (nSPS) is 20.0. The molecule has 6 heteroatoms. The number of hydrogen-bond acceptors (Lipinski definition) is 3. The van der Waals surface area contributed by atoms with Crippen LogP contribution in [-0.4, -0.2) is 42.5 Å². The zero-order valence-electron chi connectivity index (χ0n) is 16.5. The zero-order valence-corrected chi connectivity index (χ0v) is 16.5. The number of anilines is 1. The van der Waals surface area contributed by atoms with Gasteiger partial charge in [0.25, 0.3) is 5.91 Å². The highest BCUT2D eigenvalue weighted by Gasteiger charge is 2.55. The van der Waals surface area contributed by atoms with Crippen LogP contribution in [0.4, 0.5) is 10.1 Å². The fourth-order valence-corrected chi connectivity index (χ4v) is 4.94. The third-order valence-electron chi connectivity index (χ3n) is 6.20. The quantitative estimate of drug-likeness (QED) is 0.832. The molecule has 152 valence electrons. The maximum Gasteiger partial charge on any atom is 0.254 e. The van der Waals surface area contributed by atoms with Crippen LogP contribution < -0.4 is 5.32 Å². The number of rotatable bonds is 5. The van der Waals surface area contributed by atoms with Crippen molar-refractivity contribution in [3.8, 4) is 0 Å².